The number of rotatable bonds is 3. The van der Waals surface area contributed by atoms with E-state index >= 15 is 0 Å². The van der Waals surface area contributed by atoms with Crippen molar-refractivity contribution < 1.29 is 5.11 Å². The Morgan fingerprint density at radius 1 is 1.36 bits per heavy atom. The smallest absolute Gasteiger partial charge is 0.0761 e. The topological polar surface area (TPSA) is 44.0 Å². The first-order chi connectivity index (χ1) is 6.59. The maximum Gasteiger partial charge on any atom is 0.0761 e. The molecule has 14 heavy (non-hydrogen) atoms. The minimum Gasteiger partial charge on any atom is -0.391 e. The molecule has 0 radical (unpaired) electrons. The van der Waals surface area contributed by atoms with Crippen LogP contribution in [-0.4, -0.2) is 11.2 Å². The summed E-state index contributed by atoms with van der Waals surface area (Å²) >= 11 is 0. The van der Waals surface area contributed by atoms with Crippen LogP contribution in [0.2, 0.25) is 0 Å². The van der Waals surface area contributed by atoms with Crippen LogP contribution in [0.25, 0.3) is 0 Å². The fourth-order valence-electron chi connectivity index (χ4n) is 1.40. The van der Waals surface area contributed by atoms with Gasteiger partial charge in [-0.25, -0.2) is 0 Å². The Kier molecular flexibility index (Phi) is 3.27. The normalized spacial score (nSPS) is 13.3. The fourth-order valence-corrected chi connectivity index (χ4v) is 1.40. The van der Waals surface area contributed by atoms with Crippen LogP contribution in [0.1, 0.15) is 25.8 Å². The molecule has 0 fully saturated rings. The van der Waals surface area contributed by atoms with Crippen molar-refractivity contribution in [2.24, 2.45) is 0 Å². The number of benzene rings is 1. The lowest BCUT2D eigenvalue weighted by Gasteiger charge is -2.29. The highest BCUT2D eigenvalue weighted by molar-refractivity contribution is 5.25. The second-order valence-corrected chi connectivity index (χ2v) is 3.97. The Balaban J connectivity index is 2.91. The van der Waals surface area contributed by atoms with Gasteiger partial charge < -0.3 is 5.11 Å². The average molecular weight is 189 g/mol. The molecule has 0 aromatic heterocycles. The maximum absolute atomic E-state index is 9.81. The molecule has 1 unspecified atom stereocenters. The summed E-state index contributed by atoms with van der Waals surface area (Å²) in [5, 5.41) is 18.3. The zero-order valence-electron chi connectivity index (χ0n) is 8.57. The van der Waals surface area contributed by atoms with Crippen molar-refractivity contribution in [2.45, 2.75) is 31.8 Å². The van der Waals surface area contributed by atoms with Gasteiger partial charge in [0, 0.05) is 5.41 Å². The first-order valence-electron chi connectivity index (χ1n) is 4.69. The Labute approximate surface area is 84.8 Å². The Hall–Kier alpha value is -1.33. The lowest BCUT2D eigenvalue weighted by atomic mass is 9.78. The minimum atomic E-state index is -0.616. The minimum absolute atomic E-state index is 0.169. The molecule has 1 rings (SSSR count). The van der Waals surface area contributed by atoms with Crippen LogP contribution in [-0.2, 0) is 5.41 Å². The molecule has 0 heterocycles. The summed E-state index contributed by atoms with van der Waals surface area (Å²) < 4.78 is 0. The van der Waals surface area contributed by atoms with Gasteiger partial charge in [-0.3, -0.25) is 0 Å². The van der Waals surface area contributed by atoms with Crippen LogP contribution in [0.15, 0.2) is 30.3 Å². The van der Waals surface area contributed by atoms with Gasteiger partial charge in [0.05, 0.1) is 18.6 Å². The number of hydrogen-bond acceptors (Lipinski definition) is 2. The molecule has 2 nitrogen and oxygen atoms in total. The molecular formula is C12H15NO. The van der Waals surface area contributed by atoms with Gasteiger partial charge in [-0.2, -0.15) is 5.26 Å². The van der Waals surface area contributed by atoms with Crippen molar-refractivity contribution >= 4 is 0 Å². The Morgan fingerprint density at radius 3 is 2.43 bits per heavy atom. The summed E-state index contributed by atoms with van der Waals surface area (Å²) in [6, 6.07) is 11.8. The van der Waals surface area contributed by atoms with Crippen molar-refractivity contribution in [1.29, 1.82) is 5.26 Å². The van der Waals surface area contributed by atoms with Crippen LogP contribution < -0.4 is 0 Å². The maximum atomic E-state index is 9.81. The first kappa shape index (κ1) is 10.7. The molecule has 0 spiro atoms. The highest BCUT2D eigenvalue weighted by Crippen LogP contribution is 2.28. The van der Waals surface area contributed by atoms with Crippen molar-refractivity contribution in [3.63, 3.8) is 0 Å². The van der Waals surface area contributed by atoms with E-state index in [4.69, 9.17) is 5.26 Å². The molecule has 74 valence electrons. The van der Waals surface area contributed by atoms with E-state index < -0.39 is 6.10 Å². The van der Waals surface area contributed by atoms with E-state index in [1.165, 1.54) is 0 Å². The zero-order valence-corrected chi connectivity index (χ0v) is 8.57. The highest BCUT2D eigenvalue weighted by atomic mass is 16.3. The molecule has 0 aliphatic heterocycles. The van der Waals surface area contributed by atoms with Gasteiger partial charge in [-0.1, -0.05) is 44.2 Å². The standard InChI is InChI=1S/C12H15NO/c1-12(2,11(14)8-9-13)10-6-4-3-5-7-10/h3-7,11,14H,8H2,1-2H3. The Morgan fingerprint density at radius 2 is 1.93 bits per heavy atom. The number of hydrogen-bond donors (Lipinski definition) is 1. The molecule has 1 aromatic carbocycles. The van der Waals surface area contributed by atoms with E-state index in [2.05, 4.69) is 0 Å². The fraction of sp³-hybridized carbons (Fsp3) is 0.417. The second-order valence-electron chi connectivity index (χ2n) is 3.97. The number of nitriles is 1. The molecule has 1 aromatic rings. The Bertz CT molecular complexity index is 324. The number of aliphatic hydroxyl groups excluding tert-OH is 1. The average Bonchev–Trinajstić information content (AvgIpc) is 2.19. The van der Waals surface area contributed by atoms with E-state index in [-0.39, 0.29) is 11.8 Å². The van der Waals surface area contributed by atoms with E-state index in [9.17, 15) is 5.11 Å². The van der Waals surface area contributed by atoms with Crippen LogP contribution in [0.4, 0.5) is 0 Å². The van der Waals surface area contributed by atoms with Gasteiger partial charge in [-0.15, -0.1) is 0 Å². The summed E-state index contributed by atoms with van der Waals surface area (Å²) in [5.41, 5.74) is 0.694. The second kappa shape index (κ2) is 4.26. The lowest BCUT2D eigenvalue weighted by Crippen LogP contribution is -2.33. The van der Waals surface area contributed by atoms with Crippen molar-refractivity contribution in [3.05, 3.63) is 35.9 Å². The van der Waals surface area contributed by atoms with Gasteiger partial charge in [0.1, 0.15) is 0 Å². The largest absolute Gasteiger partial charge is 0.391 e. The predicted molar refractivity (Wildman–Crippen MR) is 55.7 cm³/mol. The first-order valence-corrected chi connectivity index (χ1v) is 4.69. The van der Waals surface area contributed by atoms with Gasteiger partial charge in [0.25, 0.3) is 0 Å². The van der Waals surface area contributed by atoms with Crippen LogP contribution in [0.5, 0.6) is 0 Å². The molecule has 0 bridgehead atoms. The SMILES string of the molecule is CC(C)(c1ccccc1)C(O)CC#N. The molecule has 0 aliphatic carbocycles. The summed E-state index contributed by atoms with van der Waals surface area (Å²) in [4.78, 5) is 0. The van der Waals surface area contributed by atoms with E-state index in [1.54, 1.807) is 0 Å². The third kappa shape index (κ3) is 2.12. The summed E-state index contributed by atoms with van der Waals surface area (Å²) in [6.45, 7) is 3.90. The summed E-state index contributed by atoms with van der Waals surface area (Å²) in [7, 11) is 0. The summed E-state index contributed by atoms with van der Waals surface area (Å²) in [6.07, 6.45) is -0.447. The third-order valence-corrected chi connectivity index (χ3v) is 2.64. The molecule has 0 saturated heterocycles. The zero-order chi connectivity index (χ0) is 10.6. The van der Waals surface area contributed by atoms with Crippen LogP contribution >= 0.6 is 0 Å². The van der Waals surface area contributed by atoms with Gasteiger partial charge in [-0.05, 0) is 5.56 Å². The number of aliphatic hydroxyl groups is 1. The molecule has 1 N–H and O–H groups in total. The van der Waals surface area contributed by atoms with Crippen molar-refractivity contribution in [1.82, 2.24) is 0 Å². The monoisotopic (exact) mass is 189 g/mol. The predicted octanol–water partition coefficient (Wildman–Crippen LogP) is 2.24. The lowest BCUT2D eigenvalue weighted by molar-refractivity contribution is 0.104. The molecular weight excluding hydrogens is 174 g/mol. The summed E-state index contributed by atoms with van der Waals surface area (Å²) in [5.74, 6) is 0. The van der Waals surface area contributed by atoms with E-state index in [0.717, 1.165) is 5.56 Å². The van der Waals surface area contributed by atoms with Crippen molar-refractivity contribution in [3.8, 4) is 6.07 Å². The van der Waals surface area contributed by atoms with Crippen molar-refractivity contribution in [2.75, 3.05) is 0 Å². The van der Waals surface area contributed by atoms with Gasteiger partial charge in [0.2, 0.25) is 0 Å². The highest BCUT2D eigenvalue weighted by Gasteiger charge is 2.29. The molecule has 0 saturated carbocycles. The molecule has 0 aliphatic rings. The van der Waals surface area contributed by atoms with E-state index in [0.29, 0.717) is 0 Å². The van der Waals surface area contributed by atoms with Gasteiger partial charge >= 0.3 is 0 Å². The quantitative estimate of drug-likeness (QED) is 0.792. The molecule has 1 atom stereocenters. The van der Waals surface area contributed by atoms with Gasteiger partial charge in [0.15, 0.2) is 0 Å². The molecule has 0 amide bonds. The van der Waals surface area contributed by atoms with Crippen LogP contribution in [0.3, 0.4) is 0 Å². The number of nitrogens with zero attached hydrogens (tertiary/aromatic N) is 1. The van der Waals surface area contributed by atoms with E-state index in [1.807, 2.05) is 50.2 Å². The van der Waals surface area contributed by atoms with Crippen LogP contribution in [0, 0.1) is 11.3 Å². The third-order valence-electron chi connectivity index (χ3n) is 2.64. The molecule has 2 heteroatoms.